The summed E-state index contributed by atoms with van der Waals surface area (Å²) in [6, 6.07) is 30.3. The van der Waals surface area contributed by atoms with E-state index >= 15 is 0 Å². The van der Waals surface area contributed by atoms with Crippen LogP contribution in [-0.4, -0.2) is 22.5 Å². The fraction of sp³-hybridized carbons (Fsp3) is 0.171. The molecule has 0 aliphatic rings. The molecule has 0 aliphatic heterocycles. The van der Waals surface area contributed by atoms with Crippen LogP contribution in [-0.2, 0) is 0 Å². The second-order valence-electron chi connectivity index (χ2n) is 10.3. The van der Waals surface area contributed by atoms with Gasteiger partial charge in [-0.05, 0) is 82.8 Å². The summed E-state index contributed by atoms with van der Waals surface area (Å²) >= 11 is 0. The lowest BCUT2D eigenvalue weighted by molar-refractivity contribution is 0.335. The van der Waals surface area contributed by atoms with Gasteiger partial charge in [0.05, 0.1) is 23.7 Å². The lowest BCUT2D eigenvalue weighted by atomic mass is 9.96. The molecule has 0 saturated carbocycles. The number of aromatic nitrogens is 2. The molecular formula is C35H31N3O2. The Hall–Kier alpha value is -4.77. The lowest BCUT2D eigenvalue weighted by Crippen LogP contribution is -2.21. The number of nitrogens with zero attached hydrogens (tertiary/aromatic N) is 3. The normalized spacial score (nSPS) is 11.8. The summed E-state index contributed by atoms with van der Waals surface area (Å²) in [7, 11) is 0. The lowest BCUT2D eigenvalue weighted by Gasteiger charge is -2.18. The molecule has 1 aromatic heterocycles. The van der Waals surface area contributed by atoms with Crippen molar-refractivity contribution in [3.8, 4) is 17.1 Å². The average molecular weight is 526 g/mol. The predicted molar refractivity (Wildman–Crippen MR) is 166 cm³/mol. The fourth-order valence-corrected chi connectivity index (χ4v) is 5.38. The monoisotopic (exact) mass is 525 g/mol. The molecule has 0 saturated heterocycles. The van der Waals surface area contributed by atoms with Crippen LogP contribution in [0.1, 0.15) is 43.4 Å². The van der Waals surface area contributed by atoms with E-state index in [-0.39, 0.29) is 11.5 Å². The molecule has 5 aromatic carbocycles. The second kappa shape index (κ2) is 10.4. The van der Waals surface area contributed by atoms with Crippen LogP contribution in [0.3, 0.4) is 0 Å². The van der Waals surface area contributed by atoms with E-state index in [1.54, 1.807) is 12.3 Å². The minimum absolute atomic E-state index is 0.208. The van der Waals surface area contributed by atoms with Crippen molar-refractivity contribution in [2.24, 2.45) is 5.10 Å². The largest absolute Gasteiger partial charge is 0.494 e. The molecule has 5 heteroatoms. The maximum Gasteiger partial charge on any atom is 0.282 e. The first-order valence-corrected chi connectivity index (χ1v) is 13.7. The summed E-state index contributed by atoms with van der Waals surface area (Å²) in [6.07, 6.45) is 1.80. The van der Waals surface area contributed by atoms with Gasteiger partial charge in [0, 0.05) is 11.1 Å². The molecule has 0 unspecified atom stereocenters. The van der Waals surface area contributed by atoms with Gasteiger partial charge in [0.25, 0.3) is 5.56 Å². The average Bonchev–Trinajstić information content (AvgIpc) is 2.96. The van der Waals surface area contributed by atoms with Crippen LogP contribution in [0.4, 0.5) is 0 Å². The highest BCUT2D eigenvalue weighted by molar-refractivity contribution is 6.13. The van der Waals surface area contributed by atoms with E-state index in [0.717, 1.165) is 49.5 Å². The smallest absolute Gasteiger partial charge is 0.282 e. The molecule has 0 N–H and O–H groups in total. The Bertz CT molecular complexity index is 1930. The van der Waals surface area contributed by atoms with Crippen molar-refractivity contribution >= 4 is 38.7 Å². The van der Waals surface area contributed by atoms with Gasteiger partial charge in [0.2, 0.25) is 0 Å². The number of ether oxygens (including phenoxy) is 1. The van der Waals surface area contributed by atoms with Crippen molar-refractivity contribution < 1.29 is 4.74 Å². The molecule has 198 valence electrons. The van der Waals surface area contributed by atoms with Gasteiger partial charge in [-0.3, -0.25) is 4.79 Å². The fourth-order valence-electron chi connectivity index (χ4n) is 5.38. The van der Waals surface area contributed by atoms with Crippen LogP contribution >= 0.6 is 0 Å². The van der Waals surface area contributed by atoms with Crippen molar-refractivity contribution in [1.82, 2.24) is 9.66 Å². The van der Waals surface area contributed by atoms with Crippen molar-refractivity contribution in [1.29, 1.82) is 0 Å². The number of hydrogen-bond donors (Lipinski definition) is 0. The summed E-state index contributed by atoms with van der Waals surface area (Å²) < 4.78 is 7.41. The molecule has 0 amide bonds. The molecule has 6 rings (SSSR count). The van der Waals surface area contributed by atoms with Gasteiger partial charge in [0.1, 0.15) is 5.75 Å². The third-order valence-electron chi connectivity index (χ3n) is 7.39. The van der Waals surface area contributed by atoms with Gasteiger partial charge >= 0.3 is 0 Å². The standard InChI is InChI=1S/C35H31N3O2/c1-5-40-33-18-23(4)30(20-29(33)22(2)3)34-37-32-17-11-10-16-28(32)35(39)38(34)36-21-31-26-14-8-6-12-24(26)19-25-13-7-9-15-27(25)31/h6-22H,5H2,1-4H3. The van der Waals surface area contributed by atoms with Gasteiger partial charge in [0.15, 0.2) is 5.82 Å². The van der Waals surface area contributed by atoms with Crippen LogP contribution in [0.15, 0.2) is 101 Å². The van der Waals surface area contributed by atoms with Gasteiger partial charge < -0.3 is 4.74 Å². The first-order chi connectivity index (χ1) is 19.5. The van der Waals surface area contributed by atoms with Crippen molar-refractivity contribution in [3.05, 3.63) is 118 Å². The second-order valence-corrected chi connectivity index (χ2v) is 10.3. The van der Waals surface area contributed by atoms with E-state index in [1.165, 1.54) is 4.68 Å². The molecule has 0 fully saturated rings. The molecule has 6 aromatic rings. The van der Waals surface area contributed by atoms with E-state index in [9.17, 15) is 4.79 Å². The minimum Gasteiger partial charge on any atom is -0.494 e. The summed E-state index contributed by atoms with van der Waals surface area (Å²) in [5.41, 5.74) is 4.29. The number of rotatable bonds is 6. The molecule has 40 heavy (non-hydrogen) atoms. The first-order valence-electron chi connectivity index (χ1n) is 13.7. The van der Waals surface area contributed by atoms with E-state index in [2.05, 4.69) is 50.2 Å². The van der Waals surface area contributed by atoms with E-state index < -0.39 is 0 Å². The maximum absolute atomic E-state index is 14.0. The molecule has 0 atom stereocenters. The van der Waals surface area contributed by atoms with Gasteiger partial charge in [-0.25, -0.2) is 4.98 Å². The van der Waals surface area contributed by atoms with Gasteiger partial charge in [-0.15, -0.1) is 0 Å². The van der Waals surface area contributed by atoms with Crippen LogP contribution in [0.5, 0.6) is 5.75 Å². The van der Waals surface area contributed by atoms with E-state index in [1.807, 2.05) is 62.4 Å². The zero-order valence-corrected chi connectivity index (χ0v) is 23.2. The minimum atomic E-state index is -0.208. The SMILES string of the molecule is CCOc1cc(C)c(-c2nc3ccccc3c(=O)n2N=Cc2c3ccccc3cc3ccccc23)cc1C(C)C. The Morgan fingerprint density at radius 2 is 1.50 bits per heavy atom. The van der Waals surface area contributed by atoms with E-state index in [0.29, 0.717) is 23.3 Å². The maximum atomic E-state index is 14.0. The predicted octanol–water partition coefficient (Wildman–Crippen LogP) is 8.08. The Morgan fingerprint density at radius 3 is 2.15 bits per heavy atom. The molecule has 0 aliphatic carbocycles. The number of hydrogen-bond acceptors (Lipinski definition) is 4. The quantitative estimate of drug-likeness (QED) is 0.163. The number of fused-ring (bicyclic) bond motifs is 3. The Balaban J connectivity index is 1.64. The first kappa shape index (κ1) is 25.5. The van der Waals surface area contributed by atoms with Gasteiger partial charge in [-0.2, -0.15) is 9.78 Å². The number of para-hydroxylation sites is 1. The Kier molecular flexibility index (Phi) is 6.64. The topological polar surface area (TPSA) is 56.5 Å². The summed E-state index contributed by atoms with van der Waals surface area (Å²) in [5, 5.41) is 9.78. The Morgan fingerprint density at radius 1 is 0.875 bits per heavy atom. The van der Waals surface area contributed by atoms with Gasteiger partial charge in [-0.1, -0.05) is 74.5 Å². The third-order valence-corrected chi connectivity index (χ3v) is 7.39. The Labute approximate surface area is 233 Å². The summed E-state index contributed by atoms with van der Waals surface area (Å²) in [5.74, 6) is 1.60. The zero-order chi connectivity index (χ0) is 27.8. The highest BCUT2D eigenvalue weighted by Crippen LogP contribution is 2.34. The van der Waals surface area contributed by atoms with Crippen molar-refractivity contribution in [2.45, 2.75) is 33.6 Å². The highest BCUT2D eigenvalue weighted by atomic mass is 16.5. The number of benzene rings is 5. The van der Waals surface area contributed by atoms with Crippen molar-refractivity contribution in [3.63, 3.8) is 0 Å². The molecule has 1 heterocycles. The van der Waals surface area contributed by atoms with Crippen molar-refractivity contribution in [2.75, 3.05) is 6.61 Å². The van der Waals surface area contributed by atoms with Crippen LogP contribution < -0.4 is 10.3 Å². The highest BCUT2D eigenvalue weighted by Gasteiger charge is 2.19. The van der Waals surface area contributed by atoms with Crippen LogP contribution in [0.2, 0.25) is 0 Å². The molecular weight excluding hydrogens is 494 g/mol. The molecule has 0 spiro atoms. The molecule has 5 nitrogen and oxygen atoms in total. The summed E-state index contributed by atoms with van der Waals surface area (Å²) in [6.45, 7) is 8.88. The molecule has 0 bridgehead atoms. The molecule has 0 radical (unpaired) electrons. The number of aryl methyl sites for hydroxylation is 1. The van der Waals surface area contributed by atoms with Crippen LogP contribution in [0.25, 0.3) is 43.8 Å². The third kappa shape index (κ3) is 4.43. The van der Waals surface area contributed by atoms with E-state index in [4.69, 9.17) is 14.8 Å². The van der Waals surface area contributed by atoms with Crippen LogP contribution in [0, 0.1) is 6.92 Å². The summed E-state index contributed by atoms with van der Waals surface area (Å²) in [4.78, 5) is 18.9. The zero-order valence-electron chi connectivity index (χ0n) is 23.2.